The Bertz CT molecular complexity index is 649. The van der Waals surface area contributed by atoms with Gasteiger partial charge < -0.3 is 14.9 Å². The minimum absolute atomic E-state index is 0.0233. The predicted octanol–water partition coefficient (Wildman–Crippen LogP) is 3.21. The lowest BCUT2D eigenvalue weighted by molar-refractivity contribution is 0.0696. The lowest BCUT2D eigenvalue weighted by atomic mass is 9.98. The summed E-state index contributed by atoms with van der Waals surface area (Å²) in [6.45, 7) is 1.65. The molecule has 0 aromatic heterocycles. The number of hydrogen-bond donors (Lipinski definition) is 2. The number of benzene rings is 2. The van der Waals surface area contributed by atoms with Gasteiger partial charge in [-0.25, -0.2) is 4.79 Å². The van der Waals surface area contributed by atoms with Gasteiger partial charge in [-0.3, -0.25) is 0 Å². The lowest BCUT2D eigenvalue weighted by Gasteiger charge is -2.13. The number of carbonyl (C=O) groups is 1. The maximum absolute atomic E-state index is 11.1. The number of halogens is 1. The van der Waals surface area contributed by atoms with Crippen LogP contribution in [0.15, 0.2) is 18.2 Å². The van der Waals surface area contributed by atoms with Crippen molar-refractivity contribution in [3.05, 3.63) is 34.3 Å². The van der Waals surface area contributed by atoms with Crippen LogP contribution in [0.2, 0.25) is 5.02 Å². The molecule has 0 saturated heterocycles. The fourth-order valence-corrected chi connectivity index (χ4v) is 2.32. The van der Waals surface area contributed by atoms with Crippen molar-refractivity contribution >= 4 is 28.3 Å². The molecular weight excluding hydrogens is 256 g/mol. The van der Waals surface area contributed by atoms with E-state index >= 15 is 0 Å². The number of hydrogen-bond acceptors (Lipinski definition) is 3. The second kappa shape index (κ2) is 4.38. The summed E-state index contributed by atoms with van der Waals surface area (Å²) >= 11 is 6.08. The number of aromatic carboxylic acids is 1. The molecule has 0 fully saturated rings. The van der Waals surface area contributed by atoms with Crippen molar-refractivity contribution < 1.29 is 19.7 Å². The van der Waals surface area contributed by atoms with E-state index in [1.54, 1.807) is 19.1 Å². The van der Waals surface area contributed by atoms with Gasteiger partial charge in [0, 0.05) is 10.4 Å². The van der Waals surface area contributed by atoms with E-state index < -0.39 is 5.97 Å². The van der Waals surface area contributed by atoms with Gasteiger partial charge >= 0.3 is 5.97 Å². The third-order valence-corrected chi connectivity index (χ3v) is 3.20. The molecule has 0 aliphatic rings. The Hall–Kier alpha value is -1.94. The summed E-state index contributed by atoms with van der Waals surface area (Å²) in [6, 6.07) is 4.45. The first kappa shape index (κ1) is 12.5. The van der Waals surface area contributed by atoms with Gasteiger partial charge in [0.1, 0.15) is 11.5 Å². The number of aryl methyl sites for hydroxylation is 1. The van der Waals surface area contributed by atoms with Crippen LogP contribution in [-0.4, -0.2) is 23.3 Å². The number of ether oxygens (including phenoxy) is 1. The van der Waals surface area contributed by atoms with Crippen LogP contribution < -0.4 is 4.74 Å². The Morgan fingerprint density at radius 3 is 2.56 bits per heavy atom. The fourth-order valence-electron chi connectivity index (χ4n) is 2.02. The maximum atomic E-state index is 11.1. The Kier molecular flexibility index (Phi) is 3.05. The van der Waals surface area contributed by atoms with Crippen LogP contribution in [0.5, 0.6) is 11.5 Å². The standard InChI is InChI=1S/C13H11ClO4/c1-6-7(13(16)17)5-9(15)12-10(18-2)4-3-8(14)11(6)12/h3-5,15H,1-2H3,(H,16,17). The van der Waals surface area contributed by atoms with Crippen LogP contribution >= 0.6 is 11.6 Å². The van der Waals surface area contributed by atoms with Gasteiger partial charge in [0.05, 0.1) is 18.1 Å². The molecule has 0 spiro atoms. The van der Waals surface area contributed by atoms with Crippen molar-refractivity contribution in [2.45, 2.75) is 6.92 Å². The minimum atomic E-state index is -1.11. The number of methoxy groups -OCH3 is 1. The first-order valence-electron chi connectivity index (χ1n) is 5.19. The molecule has 0 amide bonds. The summed E-state index contributed by atoms with van der Waals surface area (Å²) in [6.07, 6.45) is 0. The van der Waals surface area contributed by atoms with E-state index in [9.17, 15) is 9.90 Å². The topological polar surface area (TPSA) is 66.8 Å². The SMILES string of the molecule is COc1ccc(Cl)c2c(C)c(C(=O)O)cc(O)c12. The number of fused-ring (bicyclic) bond motifs is 1. The van der Waals surface area contributed by atoms with Gasteiger partial charge in [-0.15, -0.1) is 0 Å². The summed E-state index contributed by atoms with van der Waals surface area (Å²) in [7, 11) is 1.47. The molecule has 0 unspecified atom stereocenters. The zero-order valence-corrected chi connectivity index (χ0v) is 10.6. The highest BCUT2D eigenvalue weighted by Crippen LogP contribution is 2.40. The van der Waals surface area contributed by atoms with Crippen molar-refractivity contribution in [2.75, 3.05) is 7.11 Å². The van der Waals surface area contributed by atoms with Gasteiger partial charge in [0.25, 0.3) is 0 Å². The van der Waals surface area contributed by atoms with E-state index in [0.29, 0.717) is 27.1 Å². The highest BCUT2D eigenvalue weighted by Gasteiger charge is 2.18. The van der Waals surface area contributed by atoms with E-state index in [-0.39, 0.29) is 11.3 Å². The molecule has 0 bridgehead atoms. The molecule has 18 heavy (non-hydrogen) atoms. The van der Waals surface area contributed by atoms with E-state index in [2.05, 4.69) is 0 Å². The number of carboxylic acid groups (broad SMARTS) is 1. The summed E-state index contributed by atoms with van der Waals surface area (Å²) < 4.78 is 5.15. The molecule has 4 nitrogen and oxygen atoms in total. The molecule has 0 aliphatic carbocycles. The van der Waals surface area contributed by atoms with E-state index in [0.717, 1.165) is 0 Å². The number of phenolic OH excluding ortho intramolecular Hbond substituents is 1. The van der Waals surface area contributed by atoms with E-state index in [1.807, 2.05) is 0 Å². The molecule has 0 saturated carbocycles. The average Bonchev–Trinajstić information content (AvgIpc) is 2.33. The Morgan fingerprint density at radius 1 is 1.33 bits per heavy atom. The van der Waals surface area contributed by atoms with Gasteiger partial charge in [0.2, 0.25) is 0 Å². The van der Waals surface area contributed by atoms with Crippen molar-refractivity contribution in [3.8, 4) is 11.5 Å². The molecule has 2 rings (SSSR count). The second-order valence-corrected chi connectivity index (χ2v) is 4.28. The Labute approximate surface area is 108 Å². The van der Waals surface area contributed by atoms with Crippen molar-refractivity contribution in [1.82, 2.24) is 0 Å². The molecule has 5 heteroatoms. The third-order valence-electron chi connectivity index (χ3n) is 2.88. The molecule has 0 atom stereocenters. The quantitative estimate of drug-likeness (QED) is 0.876. The predicted molar refractivity (Wildman–Crippen MR) is 68.9 cm³/mol. The molecule has 0 heterocycles. The first-order valence-corrected chi connectivity index (χ1v) is 5.57. The van der Waals surface area contributed by atoms with Crippen LogP contribution in [0.3, 0.4) is 0 Å². The Balaban J connectivity index is 3.00. The lowest BCUT2D eigenvalue weighted by Crippen LogP contribution is -2.01. The van der Waals surface area contributed by atoms with Gasteiger partial charge in [-0.2, -0.15) is 0 Å². The number of rotatable bonds is 2. The largest absolute Gasteiger partial charge is 0.507 e. The molecule has 2 aromatic carbocycles. The van der Waals surface area contributed by atoms with Crippen molar-refractivity contribution in [1.29, 1.82) is 0 Å². The van der Waals surface area contributed by atoms with Crippen LogP contribution in [0, 0.1) is 6.92 Å². The summed E-state index contributed by atoms with van der Waals surface area (Å²) in [5, 5.41) is 20.3. The smallest absolute Gasteiger partial charge is 0.336 e. The normalized spacial score (nSPS) is 10.6. The molecule has 2 N–H and O–H groups in total. The number of carboxylic acids is 1. The number of aromatic hydroxyl groups is 1. The van der Waals surface area contributed by atoms with Gasteiger partial charge in [-0.1, -0.05) is 11.6 Å². The van der Waals surface area contributed by atoms with Crippen molar-refractivity contribution in [2.24, 2.45) is 0 Å². The first-order chi connectivity index (χ1) is 8.47. The van der Waals surface area contributed by atoms with Crippen molar-refractivity contribution in [3.63, 3.8) is 0 Å². The van der Waals surface area contributed by atoms with Crippen LogP contribution in [0.1, 0.15) is 15.9 Å². The minimum Gasteiger partial charge on any atom is -0.507 e. The van der Waals surface area contributed by atoms with Gasteiger partial charge in [-0.05, 0) is 30.7 Å². The van der Waals surface area contributed by atoms with Crippen LogP contribution in [0.4, 0.5) is 0 Å². The monoisotopic (exact) mass is 266 g/mol. The number of phenols is 1. The van der Waals surface area contributed by atoms with E-state index in [1.165, 1.54) is 13.2 Å². The highest BCUT2D eigenvalue weighted by atomic mass is 35.5. The highest BCUT2D eigenvalue weighted by molar-refractivity contribution is 6.36. The Morgan fingerprint density at radius 2 is 2.00 bits per heavy atom. The summed E-state index contributed by atoms with van der Waals surface area (Å²) in [5.74, 6) is -0.817. The van der Waals surface area contributed by atoms with E-state index in [4.69, 9.17) is 21.4 Å². The summed E-state index contributed by atoms with van der Waals surface area (Å²) in [4.78, 5) is 11.1. The molecule has 0 radical (unpaired) electrons. The average molecular weight is 267 g/mol. The molecule has 0 aliphatic heterocycles. The summed E-state index contributed by atoms with van der Waals surface area (Å²) in [5.41, 5.74) is 0.523. The zero-order valence-electron chi connectivity index (χ0n) is 9.82. The zero-order chi connectivity index (χ0) is 13.4. The second-order valence-electron chi connectivity index (χ2n) is 3.87. The third kappa shape index (κ3) is 1.75. The fraction of sp³-hybridized carbons (Fsp3) is 0.154. The van der Waals surface area contributed by atoms with Crippen LogP contribution in [-0.2, 0) is 0 Å². The molecule has 2 aromatic rings. The van der Waals surface area contributed by atoms with Gasteiger partial charge in [0.15, 0.2) is 0 Å². The molecular formula is C13H11ClO4. The maximum Gasteiger partial charge on any atom is 0.336 e. The van der Waals surface area contributed by atoms with Crippen LogP contribution in [0.25, 0.3) is 10.8 Å². The molecule has 94 valence electrons.